The molecular weight excluding hydrogens is 240 g/mol. The maximum Gasteiger partial charge on any atom is 0.241 e. The zero-order valence-corrected chi connectivity index (χ0v) is 11.0. The lowest BCUT2D eigenvalue weighted by atomic mass is 10.1. The van der Waals surface area contributed by atoms with Gasteiger partial charge in [0.15, 0.2) is 0 Å². The summed E-state index contributed by atoms with van der Waals surface area (Å²) in [5, 5.41) is 4.06. The molecule has 5 heteroatoms. The lowest BCUT2D eigenvalue weighted by Crippen LogP contribution is -2.26. The molecule has 2 aromatic rings. The highest BCUT2D eigenvalue weighted by Gasteiger charge is 2.21. The van der Waals surface area contributed by atoms with Crippen molar-refractivity contribution >= 4 is 0 Å². The third-order valence-electron chi connectivity index (χ3n) is 3.52. The summed E-state index contributed by atoms with van der Waals surface area (Å²) in [5.74, 6) is 1.32. The van der Waals surface area contributed by atoms with E-state index in [-0.39, 0.29) is 6.04 Å². The van der Waals surface area contributed by atoms with Crippen LogP contribution in [0.3, 0.4) is 0 Å². The van der Waals surface area contributed by atoms with Crippen LogP contribution in [0.5, 0.6) is 0 Å². The monoisotopic (exact) mass is 258 g/mol. The quantitative estimate of drug-likeness (QED) is 0.905. The number of hydrogen-bond acceptors (Lipinski definition) is 5. The minimum absolute atomic E-state index is 0.277. The molecule has 1 aromatic heterocycles. The van der Waals surface area contributed by atoms with Gasteiger partial charge in [-0.05, 0) is 18.9 Å². The summed E-state index contributed by atoms with van der Waals surface area (Å²) in [6.07, 6.45) is 1.04. The molecule has 1 aromatic carbocycles. The highest BCUT2D eigenvalue weighted by atomic mass is 16.5. The maximum absolute atomic E-state index is 5.89. The van der Waals surface area contributed by atoms with Crippen molar-refractivity contribution in [3.8, 4) is 11.4 Å². The Hall–Kier alpha value is -1.72. The molecule has 2 heterocycles. The zero-order chi connectivity index (χ0) is 13.2. The number of rotatable bonds is 3. The van der Waals surface area contributed by atoms with Gasteiger partial charge in [0.25, 0.3) is 0 Å². The molecule has 3 rings (SSSR count). The summed E-state index contributed by atoms with van der Waals surface area (Å²) in [6.45, 7) is 4.64. The zero-order valence-electron chi connectivity index (χ0n) is 11.0. The summed E-state index contributed by atoms with van der Waals surface area (Å²) in [4.78, 5) is 6.72. The molecule has 0 unspecified atom stereocenters. The molecule has 0 saturated carbocycles. The van der Waals surface area contributed by atoms with Crippen LogP contribution in [-0.4, -0.2) is 34.2 Å². The molecule has 1 aliphatic rings. The summed E-state index contributed by atoms with van der Waals surface area (Å²) in [7, 11) is 0. The second kappa shape index (κ2) is 5.11. The standard InChI is InChI=1S/C14H18N4O/c1-10-4-2-3-5-12(10)14-16-13(19-17-14)9-18-7-6-11(15)8-18/h2-5,11H,6-9,15H2,1H3/t11-/m0/s1. The van der Waals surface area contributed by atoms with Crippen molar-refractivity contribution in [1.29, 1.82) is 0 Å². The lowest BCUT2D eigenvalue weighted by molar-refractivity contribution is 0.265. The Labute approximate surface area is 112 Å². The molecule has 1 saturated heterocycles. The van der Waals surface area contributed by atoms with Crippen LogP contribution in [0.1, 0.15) is 17.9 Å². The molecule has 0 bridgehead atoms. The van der Waals surface area contributed by atoms with E-state index in [9.17, 15) is 0 Å². The number of aromatic nitrogens is 2. The molecule has 0 amide bonds. The third kappa shape index (κ3) is 2.67. The van der Waals surface area contributed by atoms with Crippen LogP contribution in [0.15, 0.2) is 28.8 Å². The van der Waals surface area contributed by atoms with Crippen molar-refractivity contribution in [3.63, 3.8) is 0 Å². The molecular formula is C14H18N4O. The SMILES string of the molecule is Cc1ccccc1-c1noc(CN2CC[C@H](N)C2)n1. The fourth-order valence-corrected chi connectivity index (χ4v) is 2.45. The Morgan fingerprint density at radius 2 is 2.26 bits per heavy atom. The number of nitrogens with zero attached hydrogens (tertiary/aromatic N) is 3. The fraction of sp³-hybridized carbons (Fsp3) is 0.429. The van der Waals surface area contributed by atoms with E-state index in [0.29, 0.717) is 18.3 Å². The van der Waals surface area contributed by atoms with Crippen molar-refractivity contribution in [3.05, 3.63) is 35.7 Å². The number of nitrogens with two attached hydrogens (primary N) is 1. The third-order valence-corrected chi connectivity index (χ3v) is 3.52. The van der Waals surface area contributed by atoms with Crippen molar-refractivity contribution in [1.82, 2.24) is 15.0 Å². The first-order valence-corrected chi connectivity index (χ1v) is 6.59. The predicted octanol–water partition coefficient (Wildman–Crippen LogP) is 1.58. The maximum atomic E-state index is 5.89. The number of aryl methyl sites for hydroxylation is 1. The Morgan fingerprint density at radius 1 is 1.42 bits per heavy atom. The largest absolute Gasteiger partial charge is 0.338 e. The second-order valence-electron chi connectivity index (χ2n) is 5.11. The Balaban J connectivity index is 1.75. The molecule has 0 aliphatic carbocycles. The van der Waals surface area contributed by atoms with Crippen LogP contribution < -0.4 is 5.73 Å². The molecule has 5 nitrogen and oxygen atoms in total. The Morgan fingerprint density at radius 3 is 3.00 bits per heavy atom. The van der Waals surface area contributed by atoms with E-state index in [1.165, 1.54) is 0 Å². The van der Waals surface area contributed by atoms with Gasteiger partial charge in [-0.25, -0.2) is 0 Å². The van der Waals surface area contributed by atoms with Crippen molar-refractivity contribution < 1.29 is 4.52 Å². The van der Waals surface area contributed by atoms with Gasteiger partial charge in [-0.2, -0.15) is 4.98 Å². The minimum atomic E-state index is 0.277. The van der Waals surface area contributed by atoms with Gasteiger partial charge in [-0.1, -0.05) is 29.4 Å². The number of benzene rings is 1. The van der Waals surface area contributed by atoms with Gasteiger partial charge in [0, 0.05) is 24.7 Å². The highest BCUT2D eigenvalue weighted by Crippen LogP contribution is 2.20. The van der Waals surface area contributed by atoms with Gasteiger partial charge < -0.3 is 10.3 Å². The van der Waals surface area contributed by atoms with Crippen LogP contribution in [-0.2, 0) is 6.54 Å². The normalized spacial score (nSPS) is 20.0. The van der Waals surface area contributed by atoms with Gasteiger partial charge in [-0.15, -0.1) is 0 Å². The van der Waals surface area contributed by atoms with Gasteiger partial charge in [0.05, 0.1) is 6.54 Å². The van der Waals surface area contributed by atoms with E-state index in [4.69, 9.17) is 10.3 Å². The first-order valence-electron chi connectivity index (χ1n) is 6.59. The van der Waals surface area contributed by atoms with Gasteiger partial charge in [0.2, 0.25) is 11.7 Å². The average molecular weight is 258 g/mol. The van der Waals surface area contributed by atoms with Gasteiger partial charge >= 0.3 is 0 Å². The van der Waals surface area contributed by atoms with E-state index in [2.05, 4.69) is 15.0 Å². The van der Waals surface area contributed by atoms with Crippen molar-refractivity contribution in [2.45, 2.75) is 25.9 Å². The first-order chi connectivity index (χ1) is 9.22. The molecule has 0 radical (unpaired) electrons. The van der Waals surface area contributed by atoms with Crippen molar-refractivity contribution in [2.75, 3.05) is 13.1 Å². The van der Waals surface area contributed by atoms with Crippen LogP contribution >= 0.6 is 0 Å². The fourth-order valence-electron chi connectivity index (χ4n) is 2.45. The Bertz CT molecular complexity index is 566. The topological polar surface area (TPSA) is 68.2 Å². The summed E-state index contributed by atoms with van der Waals surface area (Å²) >= 11 is 0. The highest BCUT2D eigenvalue weighted by molar-refractivity contribution is 5.58. The average Bonchev–Trinajstić information content (AvgIpc) is 3.00. The molecule has 2 N–H and O–H groups in total. The molecule has 19 heavy (non-hydrogen) atoms. The van der Waals surface area contributed by atoms with E-state index in [1.54, 1.807) is 0 Å². The van der Waals surface area contributed by atoms with Crippen LogP contribution in [0.2, 0.25) is 0 Å². The van der Waals surface area contributed by atoms with Gasteiger partial charge in [0.1, 0.15) is 0 Å². The predicted molar refractivity (Wildman–Crippen MR) is 72.3 cm³/mol. The van der Waals surface area contributed by atoms with Crippen LogP contribution in [0.4, 0.5) is 0 Å². The molecule has 0 spiro atoms. The molecule has 1 atom stereocenters. The summed E-state index contributed by atoms with van der Waals surface area (Å²) in [6, 6.07) is 8.32. The summed E-state index contributed by atoms with van der Waals surface area (Å²) < 4.78 is 5.33. The Kier molecular flexibility index (Phi) is 3.31. The summed E-state index contributed by atoms with van der Waals surface area (Å²) in [5.41, 5.74) is 8.06. The van der Waals surface area contributed by atoms with E-state index in [0.717, 1.165) is 30.6 Å². The van der Waals surface area contributed by atoms with E-state index >= 15 is 0 Å². The smallest absolute Gasteiger partial charge is 0.241 e. The molecule has 1 aliphatic heterocycles. The number of hydrogen-bond donors (Lipinski definition) is 1. The van der Waals surface area contributed by atoms with Crippen LogP contribution in [0.25, 0.3) is 11.4 Å². The van der Waals surface area contributed by atoms with E-state index < -0.39 is 0 Å². The minimum Gasteiger partial charge on any atom is -0.338 e. The lowest BCUT2D eigenvalue weighted by Gasteiger charge is -2.10. The van der Waals surface area contributed by atoms with Crippen molar-refractivity contribution in [2.24, 2.45) is 5.73 Å². The van der Waals surface area contributed by atoms with Gasteiger partial charge in [-0.3, -0.25) is 4.90 Å². The second-order valence-corrected chi connectivity index (χ2v) is 5.11. The van der Waals surface area contributed by atoms with Crippen LogP contribution in [0, 0.1) is 6.92 Å². The number of likely N-dealkylation sites (tertiary alicyclic amines) is 1. The van der Waals surface area contributed by atoms with E-state index in [1.807, 2.05) is 31.2 Å². The molecule has 1 fully saturated rings. The first kappa shape index (κ1) is 12.3. The molecule has 100 valence electrons.